The minimum Gasteiger partial charge on any atom is -0.464 e. The van der Waals surface area contributed by atoms with Crippen LogP contribution < -0.4 is 0 Å². The Hall–Kier alpha value is -1.82. The van der Waals surface area contributed by atoms with E-state index >= 15 is 0 Å². The molecule has 1 fully saturated rings. The third-order valence-electron chi connectivity index (χ3n) is 5.05. The number of nitrogens with zero attached hydrogens (tertiary/aromatic N) is 1. The number of hydrogen-bond donors (Lipinski definition) is 0. The molecule has 1 saturated heterocycles. The van der Waals surface area contributed by atoms with Gasteiger partial charge in [-0.15, -0.1) is 0 Å². The summed E-state index contributed by atoms with van der Waals surface area (Å²) >= 11 is 0. The second-order valence-electron chi connectivity index (χ2n) is 7.01. The van der Waals surface area contributed by atoms with Gasteiger partial charge >= 0.3 is 0 Å². The van der Waals surface area contributed by atoms with E-state index < -0.39 is 9.84 Å². The largest absolute Gasteiger partial charge is 0.464 e. The average molecular weight is 363 g/mol. The number of aryl methyl sites for hydroxylation is 2. The van der Waals surface area contributed by atoms with Crippen LogP contribution in [-0.4, -0.2) is 43.3 Å². The minimum absolute atomic E-state index is 0.0233. The van der Waals surface area contributed by atoms with Crippen LogP contribution in [0.5, 0.6) is 0 Å². The Labute approximate surface area is 148 Å². The molecule has 2 heterocycles. The Bertz CT molecular complexity index is 898. The van der Waals surface area contributed by atoms with E-state index in [2.05, 4.69) is 6.07 Å². The minimum atomic E-state index is -3.01. The molecule has 0 N–H and O–H groups in total. The zero-order valence-electron chi connectivity index (χ0n) is 15.0. The van der Waals surface area contributed by atoms with Gasteiger partial charge in [-0.2, -0.15) is 0 Å². The first kappa shape index (κ1) is 18.0. The maximum absolute atomic E-state index is 12.9. The highest BCUT2D eigenvalue weighted by molar-refractivity contribution is 7.91. The number of fused-ring (bicyclic) bond motifs is 1. The molecule has 25 heavy (non-hydrogen) atoms. The Morgan fingerprint density at radius 1 is 1.28 bits per heavy atom. The van der Waals surface area contributed by atoms with Gasteiger partial charge in [-0.25, -0.2) is 8.42 Å². The van der Waals surface area contributed by atoms with Crippen LogP contribution in [-0.2, 0) is 21.1 Å². The van der Waals surface area contributed by atoms with Crippen LogP contribution in [0.1, 0.15) is 36.5 Å². The van der Waals surface area contributed by atoms with Crippen molar-refractivity contribution < 1.29 is 17.6 Å². The normalized spacial score (nSPS) is 19.4. The number of carbonyl (C=O) groups excluding carboxylic acids is 1. The van der Waals surface area contributed by atoms with Crippen molar-refractivity contribution in [2.24, 2.45) is 0 Å². The fourth-order valence-electron chi connectivity index (χ4n) is 3.51. The van der Waals surface area contributed by atoms with Crippen molar-refractivity contribution in [2.45, 2.75) is 46.1 Å². The van der Waals surface area contributed by atoms with Gasteiger partial charge in [0.1, 0.15) is 5.58 Å². The molecule has 1 aromatic heterocycles. The molecule has 2 aromatic rings. The lowest BCUT2D eigenvalue weighted by molar-refractivity contribution is -0.132. The summed E-state index contributed by atoms with van der Waals surface area (Å²) in [6.07, 6.45) is 3.24. The summed E-state index contributed by atoms with van der Waals surface area (Å²) in [6, 6.07) is 3.85. The maximum Gasteiger partial charge on any atom is 0.227 e. The van der Waals surface area contributed by atoms with Crippen molar-refractivity contribution in [3.8, 4) is 0 Å². The molecule has 6 heteroatoms. The van der Waals surface area contributed by atoms with E-state index in [4.69, 9.17) is 4.42 Å². The van der Waals surface area contributed by atoms with Gasteiger partial charge in [0.25, 0.3) is 0 Å². The Morgan fingerprint density at radius 3 is 2.64 bits per heavy atom. The molecule has 0 spiro atoms. The molecule has 1 amide bonds. The molecule has 0 saturated carbocycles. The number of amides is 1. The lowest BCUT2D eigenvalue weighted by Gasteiger charge is -2.28. The second kappa shape index (κ2) is 6.83. The summed E-state index contributed by atoms with van der Waals surface area (Å²) in [5, 5.41) is 0.965. The van der Waals surface area contributed by atoms with Gasteiger partial charge < -0.3 is 9.32 Å². The third-order valence-corrected chi connectivity index (χ3v) is 6.80. The smallest absolute Gasteiger partial charge is 0.227 e. The van der Waals surface area contributed by atoms with Crippen molar-refractivity contribution in [1.82, 2.24) is 4.90 Å². The monoisotopic (exact) mass is 363 g/mol. The molecular formula is C19H25NO4S. The Kier molecular flexibility index (Phi) is 4.91. The van der Waals surface area contributed by atoms with E-state index in [9.17, 15) is 13.2 Å². The highest BCUT2D eigenvalue weighted by Crippen LogP contribution is 2.26. The maximum atomic E-state index is 12.9. The van der Waals surface area contributed by atoms with E-state index in [1.54, 1.807) is 11.2 Å². The summed E-state index contributed by atoms with van der Waals surface area (Å²) in [4.78, 5) is 14.6. The van der Waals surface area contributed by atoms with Gasteiger partial charge in [0.05, 0.1) is 24.2 Å². The molecule has 136 valence electrons. The number of furan rings is 1. The second-order valence-corrected chi connectivity index (χ2v) is 9.24. The van der Waals surface area contributed by atoms with Gasteiger partial charge in [-0.3, -0.25) is 4.79 Å². The van der Waals surface area contributed by atoms with E-state index in [0.717, 1.165) is 34.1 Å². The summed E-state index contributed by atoms with van der Waals surface area (Å²) in [5.41, 5.74) is 3.97. The lowest BCUT2D eigenvalue weighted by Crippen LogP contribution is -2.42. The lowest BCUT2D eigenvalue weighted by atomic mass is 10.0. The summed E-state index contributed by atoms with van der Waals surface area (Å²) < 4.78 is 29.2. The zero-order chi connectivity index (χ0) is 18.2. The van der Waals surface area contributed by atoms with Gasteiger partial charge in [-0.1, -0.05) is 6.92 Å². The molecule has 3 rings (SSSR count). The van der Waals surface area contributed by atoms with Crippen LogP contribution >= 0.6 is 0 Å². The predicted molar refractivity (Wildman–Crippen MR) is 98.5 cm³/mol. The highest BCUT2D eigenvalue weighted by Gasteiger charge is 2.34. The summed E-state index contributed by atoms with van der Waals surface area (Å²) in [5.74, 6) is 0.242. The highest BCUT2D eigenvalue weighted by atomic mass is 32.2. The number of benzene rings is 1. The van der Waals surface area contributed by atoms with Crippen LogP contribution in [0.3, 0.4) is 0 Å². The molecule has 1 unspecified atom stereocenters. The zero-order valence-corrected chi connectivity index (χ0v) is 15.9. The molecule has 1 aromatic carbocycles. The Balaban J connectivity index is 1.83. The average Bonchev–Trinajstić information content (AvgIpc) is 3.09. The van der Waals surface area contributed by atoms with Crippen molar-refractivity contribution in [3.63, 3.8) is 0 Å². The molecule has 0 radical (unpaired) electrons. The first-order valence-corrected chi connectivity index (χ1v) is 10.6. The fraction of sp³-hybridized carbons (Fsp3) is 0.526. The van der Waals surface area contributed by atoms with Gasteiger partial charge in [0.15, 0.2) is 9.84 Å². The van der Waals surface area contributed by atoms with Crippen molar-refractivity contribution in [1.29, 1.82) is 0 Å². The van der Waals surface area contributed by atoms with Crippen LogP contribution in [0.2, 0.25) is 0 Å². The van der Waals surface area contributed by atoms with Crippen molar-refractivity contribution >= 4 is 26.7 Å². The number of sulfone groups is 1. The van der Waals surface area contributed by atoms with Crippen LogP contribution in [0.25, 0.3) is 11.0 Å². The van der Waals surface area contributed by atoms with Gasteiger partial charge in [0, 0.05) is 23.5 Å². The van der Waals surface area contributed by atoms with Crippen LogP contribution in [0.15, 0.2) is 22.8 Å². The molecule has 1 aliphatic rings. The first-order chi connectivity index (χ1) is 11.8. The third kappa shape index (κ3) is 3.73. The summed E-state index contributed by atoms with van der Waals surface area (Å²) in [7, 11) is -3.01. The number of carbonyl (C=O) groups is 1. The van der Waals surface area contributed by atoms with Gasteiger partial charge in [0.2, 0.25) is 5.91 Å². The first-order valence-electron chi connectivity index (χ1n) is 8.78. The number of hydrogen-bond acceptors (Lipinski definition) is 4. The molecule has 0 bridgehead atoms. The SMILES string of the molecule is CCCN(C(=O)Cc1coc2cc(C)c(C)cc12)C1CCS(=O)(=O)C1. The molecular weight excluding hydrogens is 338 g/mol. The van der Waals surface area contributed by atoms with Gasteiger partial charge in [-0.05, 0) is 49.9 Å². The standard InChI is InChI=1S/C19H25NO4S/c1-4-6-20(16-5-7-25(22,23)12-16)19(21)10-15-11-24-18-9-14(3)13(2)8-17(15)18/h8-9,11,16H,4-7,10,12H2,1-3H3. The quantitative estimate of drug-likeness (QED) is 0.819. The molecule has 1 atom stereocenters. The van der Waals surface area contributed by atoms with E-state index in [-0.39, 0.29) is 29.9 Å². The predicted octanol–water partition coefficient (Wildman–Crippen LogP) is 3.02. The topological polar surface area (TPSA) is 67.6 Å². The molecule has 0 aliphatic carbocycles. The molecule has 5 nitrogen and oxygen atoms in total. The fourth-order valence-corrected chi connectivity index (χ4v) is 5.24. The van der Waals surface area contributed by atoms with Crippen molar-refractivity contribution in [2.75, 3.05) is 18.1 Å². The molecule has 1 aliphatic heterocycles. The summed E-state index contributed by atoms with van der Waals surface area (Å²) in [6.45, 7) is 6.67. The van der Waals surface area contributed by atoms with E-state index in [1.165, 1.54) is 0 Å². The van der Waals surface area contributed by atoms with Crippen molar-refractivity contribution in [3.05, 3.63) is 35.1 Å². The van der Waals surface area contributed by atoms with Crippen LogP contribution in [0.4, 0.5) is 0 Å². The van der Waals surface area contributed by atoms with E-state index in [1.807, 2.05) is 26.8 Å². The van der Waals surface area contributed by atoms with E-state index in [0.29, 0.717) is 13.0 Å². The number of rotatable bonds is 5. The van der Waals surface area contributed by atoms with Crippen LogP contribution in [0, 0.1) is 13.8 Å². The Morgan fingerprint density at radius 2 is 2.00 bits per heavy atom.